The molecule has 1 unspecified atom stereocenters. The van der Waals surface area contributed by atoms with Gasteiger partial charge in [-0.05, 0) is 37.1 Å². The molecule has 0 aliphatic carbocycles. The summed E-state index contributed by atoms with van der Waals surface area (Å²) in [6.07, 6.45) is 1.13. The predicted molar refractivity (Wildman–Crippen MR) is 87.6 cm³/mol. The van der Waals surface area contributed by atoms with Crippen LogP contribution in [0.2, 0.25) is 0 Å². The third-order valence-corrected chi connectivity index (χ3v) is 4.54. The van der Waals surface area contributed by atoms with Gasteiger partial charge in [-0.25, -0.2) is 0 Å². The van der Waals surface area contributed by atoms with Crippen molar-refractivity contribution in [3.8, 4) is 0 Å². The zero-order chi connectivity index (χ0) is 14.2. The van der Waals surface area contributed by atoms with Crippen molar-refractivity contribution in [3.63, 3.8) is 0 Å². The molecule has 3 aromatic rings. The second-order valence-electron chi connectivity index (χ2n) is 5.88. The van der Waals surface area contributed by atoms with Crippen molar-refractivity contribution in [2.45, 2.75) is 25.9 Å². The van der Waals surface area contributed by atoms with Crippen LogP contribution in [0.4, 0.5) is 0 Å². The van der Waals surface area contributed by atoms with Crippen LogP contribution in [0.3, 0.4) is 0 Å². The number of hydrogen-bond acceptors (Lipinski definition) is 1. The number of fused-ring (bicyclic) bond motifs is 3. The smallest absolute Gasteiger partial charge is 0.0489 e. The van der Waals surface area contributed by atoms with Crippen LogP contribution < -0.4 is 5.32 Å². The maximum Gasteiger partial charge on any atom is 0.0489 e. The standard InChI is InChI=1S/C19H20N2/c1-14-19-17(11-12-20-14)16-9-5-6-10-18(16)21(19)13-15-7-3-2-4-8-15/h2-10,14,20H,11-13H2,1H3. The molecule has 0 saturated heterocycles. The molecular weight excluding hydrogens is 256 g/mol. The summed E-state index contributed by atoms with van der Waals surface area (Å²) in [5.74, 6) is 0. The molecular formula is C19H20N2. The second kappa shape index (κ2) is 5.05. The molecule has 2 heteroatoms. The molecule has 0 radical (unpaired) electrons. The van der Waals surface area contributed by atoms with E-state index in [2.05, 4.69) is 71.4 Å². The maximum absolute atomic E-state index is 3.60. The van der Waals surface area contributed by atoms with Gasteiger partial charge in [0.1, 0.15) is 0 Å². The Kier molecular flexibility index (Phi) is 3.04. The number of hydrogen-bond donors (Lipinski definition) is 1. The Morgan fingerprint density at radius 1 is 1.05 bits per heavy atom. The molecule has 0 bridgehead atoms. The van der Waals surface area contributed by atoms with Crippen LogP contribution in [0, 0.1) is 0 Å². The van der Waals surface area contributed by atoms with Gasteiger partial charge in [-0.15, -0.1) is 0 Å². The van der Waals surface area contributed by atoms with E-state index < -0.39 is 0 Å². The fraction of sp³-hybridized carbons (Fsp3) is 0.263. The van der Waals surface area contributed by atoms with Crippen molar-refractivity contribution in [2.75, 3.05) is 6.54 Å². The lowest BCUT2D eigenvalue weighted by molar-refractivity contribution is 0.509. The summed E-state index contributed by atoms with van der Waals surface area (Å²) in [4.78, 5) is 0. The van der Waals surface area contributed by atoms with Crippen LogP contribution in [-0.4, -0.2) is 11.1 Å². The fourth-order valence-electron chi connectivity index (χ4n) is 3.60. The van der Waals surface area contributed by atoms with Gasteiger partial charge in [0.05, 0.1) is 0 Å². The Bertz CT molecular complexity index is 771. The molecule has 0 fully saturated rings. The van der Waals surface area contributed by atoms with E-state index in [1.165, 1.54) is 27.7 Å². The molecule has 1 aliphatic heterocycles. The summed E-state index contributed by atoms with van der Waals surface area (Å²) in [5.41, 5.74) is 5.72. The van der Waals surface area contributed by atoms with Crippen LogP contribution in [0.1, 0.15) is 29.8 Å². The largest absolute Gasteiger partial charge is 0.338 e. The van der Waals surface area contributed by atoms with Gasteiger partial charge in [0.15, 0.2) is 0 Å². The highest BCUT2D eigenvalue weighted by molar-refractivity contribution is 5.86. The van der Waals surface area contributed by atoms with Crippen LogP contribution >= 0.6 is 0 Å². The molecule has 0 spiro atoms. The molecule has 2 heterocycles. The minimum atomic E-state index is 0.421. The summed E-state index contributed by atoms with van der Waals surface area (Å²) >= 11 is 0. The van der Waals surface area contributed by atoms with Gasteiger partial charge in [-0.1, -0.05) is 48.5 Å². The molecule has 1 aliphatic rings. The Balaban J connectivity index is 1.93. The van der Waals surface area contributed by atoms with Crippen molar-refractivity contribution in [1.29, 1.82) is 0 Å². The number of nitrogens with one attached hydrogen (secondary N) is 1. The summed E-state index contributed by atoms with van der Waals surface area (Å²) in [5, 5.41) is 5.03. The topological polar surface area (TPSA) is 17.0 Å². The van der Waals surface area contributed by atoms with Crippen LogP contribution in [0.5, 0.6) is 0 Å². The first-order valence-electron chi connectivity index (χ1n) is 7.72. The van der Waals surface area contributed by atoms with Gasteiger partial charge >= 0.3 is 0 Å². The first kappa shape index (κ1) is 12.7. The highest BCUT2D eigenvalue weighted by Gasteiger charge is 2.24. The number of para-hydroxylation sites is 1. The number of benzene rings is 2. The summed E-state index contributed by atoms with van der Waals surface area (Å²) in [6.45, 7) is 4.30. The third kappa shape index (κ3) is 2.07. The minimum Gasteiger partial charge on any atom is -0.338 e. The zero-order valence-corrected chi connectivity index (χ0v) is 12.3. The molecule has 0 saturated carbocycles. The highest BCUT2D eigenvalue weighted by atomic mass is 15.1. The lowest BCUT2D eigenvalue weighted by atomic mass is 10.0. The minimum absolute atomic E-state index is 0.421. The van der Waals surface area contributed by atoms with Crippen molar-refractivity contribution in [3.05, 3.63) is 71.4 Å². The first-order chi connectivity index (χ1) is 10.3. The van der Waals surface area contributed by atoms with E-state index in [1.807, 2.05) is 0 Å². The summed E-state index contributed by atoms with van der Waals surface area (Å²) < 4.78 is 2.50. The molecule has 2 nitrogen and oxygen atoms in total. The highest BCUT2D eigenvalue weighted by Crippen LogP contribution is 2.33. The monoisotopic (exact) mass is 276 g/mol. The molecule has 4 rings (SSSR count). The van der Waals surface area contributed by atoms with E-state index in [0.717, 1.165) is 19.5 Å². The molecule has 2 aromatic carbocycles. The van der Waals surface area contributed by atoms with Crippen LogP contribution in [-0.2, 0) is 13.0 Å². The molecule has 0 amide bonds. The SMILES string of the molecule is CC1NCCc2c1n(Cc1ccccc1)c1ccccc21. The van der Waals surface area contributed by atoms with Crippen molar-refractivity contribution < 1.29 is 0 Å². The number of rotatable bonds is 2. The van der Waals surface area contributed by atoms with E-state index in [9.17, 15) is 0 Å². The van der Waals surface area contributed by atoms with Crippen molar-refractivity contribution in [2.24, 2.45) is 0 Å². The predicted octanol–water partition coefficient (Wildman–Crippen LogP) is 3.90. The lowest BCUT2D eigenvalue weighted by Gasteiger charge is -2.24. The van der Waals surface area contributed by atoms with Gasteiger partial charge in [0.25, 0.3) is 0 Å². The Morgan fingerprint density at radius 3 is 2.67 bits per heavy atom. The Hall–Kier alpha value is -2.06. The number of nitrogens with zero attached hydrogens (tertiary/aromatic N) is 1. The molecule has 1 N–H and O–H groups in total. The maximum atomic E-state index is 3.60. The fourth-order valence-corrected chi connectivity index (χ4v) is 3.60. The van der Waals surface area contributed by atoms with E-state index in [0.29, 0.717) is 6.04 Å². The lowest BCUT2D eigenvalue weighted by Crippen LogP contribution is -2.29. The normalized spacial score (nSPS) is 17.9. The quantitative estimate of drug-likeness (QED) is 0.751. The van der Waals surface area contributed by atoms with Crippen molar-refractivity contribution >= 4 is 10.9 Å². The summed E-state index contributed by atoms with van der Waals surface area (Å²) in [6, 6.07) is 20.0. The van der Waals surface area contributed by atoms with Gasteiger partial charge in [-0.2, -0.15) is 0 Å². The van der Waals surface area contributed by atoms with Gasteiger partial charge in [0.2, 0.25) is 0 Å². The van der Waals surface area contributed by atoms with E-state index in [-0.39, 0.29) is 0 Å². The van der Waals surface area contributed by atoms with E-state index in [4.69, 9.17) is 0 Å². The second-order valence-corrected chi connectivity index (χ2v) is 5.88. The third-order valence-electron chi connectivity index (χ3n) is 4.54. The average Bonchev–Trinajstić information content (AvgIpc) is 2.84. The molecule has 1 atom stereocenters. The Labute approximate surface area is 125 Å². The Morgan fingerprint density at radius 2 is 1.81 bits per heavy atom. The molecule has 1 aromatic heterocycles. The van der Waals surface area contributed by atoms with Crippen molar-refractivity contribution in [1.82, 2.24) is 9.88 Å². The van der Waals surface area contributed by atoms with Gasteiger partial charge in [0, 0.05) is 29.2 Å². The number of aromatic nitrogens is 1. The zero-order valence-electron chi connectivity index (χ0n) is 12.3. The molecule has 21 heavy (non-hydrogen) atoms. The van der Waals surface area contributed by atoms with Gasteiger partial charge in [-0.3, -0.25) is 0 Å². The molecule has 106 valence electrons. The van der Waals surface area contributed by atoms with E-state index >= 15 is 0 Å². The first-order valence-corrected chi connectivity index (χ1v) is 7.72. The van der Waals surface area contributed by atoms with Crippen LogP contribution in [0.15, 0.2) is 54.6 Å². The van der Waals surface area contributed by atoms with E-state index in [1.54, 1.807) is 0 Å². The average molecular weight is 276 g/mol. The summed E-state index contributed by atoms with van der Waals surface area (Å²) in [7, 11) is 0. The van der Waals surface area contributed by atoms with Gasteiger partial charge < -0.3 is 9.88 Å². The van der Waals surface area contributed by atoms with Crippen LogP contribution in [0.25, 0.3) is 10.9 Å².